The maximum Gasteiger partial charge on any atom is 0.222 e. The van der Waals surface area contributed by atoms with Gasteiger partial charge in [-0.2, -0.15) is 0 Å². The van der Waals surface area contributed by atoms with Crippen LogP contribution in [0.4, 0.5) is 0 Å². The Balaban J connectivity index is 2.40. The van der Waals surface area contributed by atoms with E-state index in [0.717, 1.165) is 6.54 Å². The summed E-state index contributed by atoms with van der Waals surface area (Å²) in [4.78, 5) is 14.4. The molecule has 1 fully saturated rings. The Morgan fingerprint density at radius 3 is 2.56 bits per heavy atom. The lowest BCUT2D eigenvalue weighted by Gasteiger charge is -2.24. The van der Waals surface area contributed by atoms with Gasteiger partial charge in [-0.25, -0.2) is 0 Å². The number of rotatable bonds is 7. The lowest BCUT2D eigenvalue weighted by atomic mass is 10.1. The maximum absolute atomic E-state index is 12.0. The molecule has 0 radical (unpaired) electrons. The van der Waals surface area contributed by atoms with E-state index in [2.05, 4.69) is 13.8 Å². The second-order valence-electron chi connectivity index (χ2n) is 5.10. The van der Waals surface area contributed by atoms with Gasteiger partial charge in [-0.05, 0) is 24.7 Å². The molecule has 0 saturated heterocycles. The zero-order chi connectivity index (χ0) is 12.1. The van der Waals surface area contributed by atoms with Gasteiger partial charge in [0.1, 0.15) is 0 Å². The topological polar surface area (TPSA) is 46.3 Å². The van der Waals surface area contributed by atoms with E-state index >= 15 is 0 Å². The first kappa shape index (κ1) is 13.4. The quantitative estimate of drug-likeness (QED) is 0.694. The third-order valence-electron chi connectivity index (χ3n) is 2.73. The van der Waals surface area contributed by atoms with Crippen LogP contribution in [0.3, 0.4) is 0 Å². The van der Waals surface area contributed by atoms with E-state index in [9.17, 15) is 4.79 Å². The highest BCUT2D eigenvalue weighted by atomic mass is 32.1. The minimum atomic E-state index is 0.271. The van der Waals surface area contributed by atoms with Crippen LogP contribution >= 0.6 is 12.2 Å². The number of hydrogen-bond acceptors (Lipinski definition) is 2. The molecule has 1 aliphatic rings. The third-order valence-corrected chi connectivity index (χ3v) is 2.93. The van der Waals surface area contributed by atoms with E-state index < -0.39 is 0 Å². The summed E-state index contributed by atoms with van der Waals surface area (Å²) >= 11 is 4.85. The van der Waals surface area contributed by atoms with Gasteiger partial charge in [0, 0.05) is 25.9 Å². The molecule has 0 aromatic rings. The molecule has 3 nitrogen and oxygen atoms in total. The van der Waals surface area contributed by atoms with E-state index in [4.69, 9.17) is 18.0 Å². The van der Waals surface area contributed by atoms with Crippen molar-refractivity contribution in [3.05, 3.63) is 0 Å². The highest BCUT2D eigenvalue weighted by molar-refractivity contribution is 7.80. The number of carbonyl (C=O) groups excluding carboxylic acids is 1. The van der Waals surface area contributed by atoms with Crippen LogP contribution in [-0.4, -0.2) is 28.9 Å². The van der Waals surface area contributed by atoms with Gasteiger partial charge in [0.2, 0.25) is 5.91 Å². The SMILES string of the molecule is CC(C)CN(CCC(N)=S)C(=O)CC1CC1. The van der Waals surface area contributed by atoms with Crippen molar-refractivity contribution in [3.8, 4) is 0 Å². The first-order valence-electron chi connectivity index (χ1n) is 6.05. The van der Waals surface area contributed by atoms with Gasteiger partial charge in [0.15, 0.2) is 0 Å². The first-order valence-corrected chi connectivity index (χ1v) is 6.46. The molecule has 1 amide bonds. The van der Waals surface area contributed by atoms with Crippen LogP contribution in [0.15, 0.2) is 0 Å². The molecule has 0 spiro atoms. The number of nitrogens with zero attached hydrogens (tertiary/aromatic N) is 1. The van der Waals surface area contributed by atoms with Crippen molar-refractivity contribution in [2.75, 3.05) is 13.1 Å². The van der Waals surface area contributed by atoms with E-state index in [1.165, 1.54) is 12.8 Å². The Labute approximate surface area is 103 Å². The molecule has 0 heterocycles. The highest BCUT2D eigenvalue weighted by Gasteiger charge is 2.27. The fourth-order valence-corrected chi connectivity index (χ4v) is 1.79. The van der Waals surface area contributed by atoms with Crippen molar-refractivity contribution in [1.82, 2.24) is 4.90 Å². The van der Waals surface area contributed by atoms with Crippen LogP contribution in [0.2, 0.25) is 0 Å². The highest BCUT2D eigenvalue weighted by Crippen LogP contribution is 2.32. The molecule has 16 heavy (non-hydrogen) atoms. The number of hydrogen-bond donors (Lipinski definition) is 1. The third kappa shape index (κ3) is 5.45. The normalized spacial score (nSPS) is 15.2. The standard InChI is InChI=1S/C12H22N2OS/c1-9(2)8-14(6-5-11(13)16)12(15)7-10-3-4-10/h9-10H,3-8H2,1-2H3,(H2,13,16). The fourth-order valence-electron chi connectivity index (χ4n) is 1.70. The van der Waals surface area contributed by atoms with Gasteiger partial charge in [-0.3, -0.25) is 4.79 Å². The van der Waals surface area contributed by atoms with E-state index in [0.29, 0.717) is 36.2 Å². The number of amides is 1. The Hall–Kier alpha value is -0.640. The fraction of sp³-hybridized carbons (Fsp3) is 0.833. The molecule has 0 aromatic heterocycles. The zero-order valence-corrected chi connectivity index (χ0v) is 11.1. The molecule has 0 aromatic carbocycles. The molecule has 4 heteroatoms. The van der Waals surface area contributed by atoms with E-state index in [1.807, 2.05) is 4.90 Å². The van der Waals surface area contributed by atoms with Crippen molar-refractivity contribution < 1.29 is 4.79 Å². The van der Waals surface area contributed by atoms with Gasteiger partial charge in [0.05, 0.1) is 4.99 Å². The number of carbonyl (C=O) groups is 1. The Morgan fingerprint density at radius 1 is 1.50 bits per heavy atom. The van der Waals surface area contributed by atoms with Crippen molar-refractivity contribution >= 4 is 23.1 Å². The minimum Gasteiger partial charge on any atom is -0.393 e. The molecular weight excluding hydrogens is 220 g/mol. The summed E-state index contributed by atoms with van der Waals surface area (Å²) in [7, 11) is 0. The molecule has 2 N–H and O–H groups in total. The van der Waals surface area contributed by atoms with Gasteiger partial charge in [-0.15, -0.1) is 0 Å². The summed E-state index contributed by atoms with van der Waals surface area (Å²) in [6.07, 6.45) is 3.79. The summed E-state index contributed by atoms with van der Waals surface area (Å²) in [5.41, 5.74) is 5.48. The van der Waals surface area contributed by atoms with Crippen LogP contribution in [0.5, 0.6) is 0 Å². The summed E-state index contributed by atoms with van der Waals surface area (Å²) in [5.74, 6) is 1.41. The van der Waals surface area contributed by atoms with Crippen LogP contribution in [0.25, 0.3) is 0 Å². The van der Waals surface area contributed by atoms with Crippen LogP contribution in [-0.2, 0) is 4.79 Å². The average Bonchev–Trinajstić information content (AvgIpc) is 2.94. The number of thiocarbonyl (C=S) groups is 1. The molecule has 92 valence electrons. The summed E-state index contributed by atoms with van der Waals surface area (Å²) in [6.45, 7) is 5.74. The van der Waals surface area contributed by atoms with Crippen molar-refractivity contribution in [2.24, 2.45) is 17.6 Å². The zero-order valence-electron chi connectivity index (χ0n) is 10.2. The molecule has 0 atom stereocenters. The predicted molar refractivity (Wildman–Crippen MR) is 70.2 cm³/mol. The van der Waals surface area contributed by atoms with Crippen molar-refractivity contribution in [2.45, 2.75) is 39.5 Å². The Bertz CT molecular complexity index is 262. The smallest absolute Gasteiger partial charge is 0.222 e. The van der Waals surface area contributed by atoms with Crippen LogP contribution < -0.4 is 5.73 Å². The second kappa shape index (κ2) is 6.18. The van der Waals surface area contributed by atoms with Crippen LogP contribution in [0.1, 0.15) is 39.5 Å². The summed E-state index contributed by atoms with van der Waals surface area (Å²) in [5, 5.41) is 0. The summed E-state index contributed by atoms with van der Waals surface area (Å²) in [6, 6.07) is 0. The lowest BCUT2D eigenvalue weighted by molar-refractivity contribution is -0.132. The lowest BCUT2D eigenvalue weighted by Crippen LogP contribution is -2.36. The predicted octanol–water partition coefficient (Wildman–Crippen LogP) is 1.95. The largest absolute Gasteiger partial charge is 0.393 e. The van der Waals surface area contributed by atoms with Gasteiger partial charge in [-0.1, -0.05) is 26.1 Å². The molecule has 1 rings (SSSR count). The Morgan fingerprint density at radius 2 is 2.12 bits per heavy atom. The van der Waals surface area contributed by atoms with Crippen molar-refractivity contribution in [1.29, 1.82) is 0 Å². The number of nitrogens with two attached hydrogens (primary N) is 1. The Kier molecular flexibility index (Phi) is 5.19. The monoisotopic (exact) mass is 242 g/mol. The van der Waals surface area contributed by atoms with Crippen LogP contribution in [0, 0.1) is 11.8 Å². The second-order valence-corrected chi connectivity index (χ2v) is 5.62. The van der Waals surface area contributed by atoms with Crippen molar-refractivity contribution in [3.63, 3.8) is 0 Å². The van der Waals surface area contributed by atoms with Gasteiger partial charge >= 0.3 is 0 Å². The average molecular weight is 242 g/mol. The molecule has 0 unspecified atom stereocenters. The molecular formula is C12H22N2OS. The molecule has 0 bridgehead atoms. The molecule has 1 saturated carbocycles. The minimum absolute atomic E-state index is 0.271. The molecule has 0 aliphatic heterocycles. The van der Waals surface area contributed by atoms with Gasteiger partial charge < -0.3 is 10.6 Å². The maximum atomic E-state index is 12.0. The van der Waals surface area contributed by atoms with E-state index in [1.54, 1.807) is 0 Å². The summed E-state index contributed by atoms with van der Waals surface area (Å²) < 4.78 is 0. The first-order chi connectivity index (χ1) is 7.49. The molecule has 1 aliphatic carbocycles. The van der Waals surface area contributed by atoms with E-state index in [-0.39, 0.29) is 5.91 Å². The van der Waals surface area contributed by atoms with Gasteiger partial charge in [0.25, 0.3) is 0 Å².